The molecule has 0 aliphatic heterocycles. The predicted octanol–water partition coefficient (Wildman–Crippen LogP) is 3.16. The van der Waals surface area contributed by atoms with Crippen LogP contribution in [0.2, 0.25) is 0 Å². The maximum atomic E-state index is 11.0. The van der Waals surface area contributed by atoms with E-state index in [0.717, 1.165) is 5.56 Å². The summed E-state index contributed by atoms with van der Waals surface area (Å²) in [6.45, 7) is 0.428. The van der Waals surface area contributed by atoms with Gasteiger partial charge < -0.3 is 14.6 Å². The number of hydrogen-bond acceptors (Lipinski definition) is 4. The van der Waals surface area contributed by atoms with E-state index in [1.54, 1.807) is 12.1 Å². The fourth-order valence-electron chi connectivity index (χ4n) is 1.72. The second-order valence-corrected chi connectivity index (χ2v) is 4.35. The molecule has 0 atom stereocenters. The van der Waals surface area contributed by atoms with Crippen molar-refractivity contribution in [3.63, 3.8) is 0 Å². The van der Waals surface area contributed by atoms with Crippen molar-refractivity contribution < 1.29 is 19.4 Å². The van der Waals surface area contributed by atoms with Crippen LogP contribution in [-0.2, 0) is 16.1 Å². The molecule has 108 valence electrons. The van der Waals surface area contributed by atoms with E-state index in [1.165, 1.54) is 25.3 Å². The molecule has 0 saturated carbocycles. The van der Waals surface area contributed by atoms with Crippen molar-refractivity contribution in [2.45, 2.75) is 6.61 Å². The van der Waals surface area contributed by atoms with Crippen LogP contribution >= 0.6 is 0 Å². The van der Waals surface area contributed by atoms with Gasteiger partial charge >= 0.3 is 5.97 Å². The summed E-state index contributed by atoms with van der Waals surface area (Å²) in [5, 5.41) is 9.89. The Morgan fingerprint density at radius 1 is 1.19 bits per heavy atom. The SMILES string of the molecule is COC(=O)/C=C/c1ccc(OCc2ccccc2)cc1O. The first kappa shape index (κ1) is 14.7. The first-order valence-corrected chi connectivity index (χ1v) is 6.45. The van der Waals surface area contributed by atoms with Crippen LogP contribution < -0.4 is 4.74 Å². The molecule has 21 heavy (non-hydrogen) atoms. The summed E-state index contributed by atoms with van der Waals surface area (Å²) in [4.78, 5) is 11.0. The van der Waals surface area contributed by atoms with E-state index >= 15 is 0 Å². The highest BCUT2D eigenvalue weighted by molar-refractivity contribution is 5.87. The molecule has 0 aliphatic carbocycles. The second kappa shape index (κ2) is 7.14. The number of rotatable bonds is 5. The molecule has 0 radical (unpaired) electrons. The number of phenolic OH excluding ortho intramolecular Hbond substituents is 1. The average Bonchev–Trinajstić information content (AvgIpc) is 2.52. The van der Waals surface area contributed by atoms with Crippen molar-refractivity contribution in [2.75, 3.05) is 7.11 Å². The Morgan fingerprint density at radius 2 is 1.95 bits per heavy atom. The van der Waals surface area contributed by atoms with Crippen LogP contribution in [0.25, 0.3) is 6.08 Å². The van der Waals surface area contributed by atoms with Gasteiger partial charge in [-0.05, 0) is 23.8 Å². The molecular weight excluding hydrogens is 268 g/mol. The first-order chi connectivity index (χ1) is 10.2. The van der Waals surface area contributed by atoms with Gasteiger partial charge in [-0.25, -0.2) is 4.79 Å². The lowest BCUT2D eigenvalue weighted by Crippen LogP contribution is -1.95. The van der Waals surface area contributed by atoms with Crippen molar-refractivity contribution in [1.29, 1.82) is 0 Å². The monoisotopic (exact) mass is 284 g/mol. The van der Waals surface area contributed by atoms with Crippen LogP contribution in [-0.4, -0.2) is 18.2 Å². The molecule has 1 N–H and O–H groups in total. The number of carbonyl (C=O) groups is 1. The molecule has 2 aromatic rings. The summed E-state index contributed by atoms with van der Waals surface area (Å²) in [7, 11) is 1.30. The molecule has 2 aromatic carbocycles. The summed E-state index contributed by atoms with van der Waals surface area (Å²) < 4.78 is 10.1. The molecule has 0 aliphatic rings. The molecule has 0 amide bonds. The smallest absolute Gasteiger partial charge is 0.330 e. The lowest BCUT2D eigenvalue weighted by molar-refractivity contribution is -0.134. The molecule has 2 rings (SSSR count). The summed E-state index contributed by atoms with van der Waals surface area (Å²) >= 11 is 0. The lowest BCUT2D eigenvalue weighted by atomic mass is 10.1. The summed E-state index contributed by atoms with van der Waals surface area (Å²) in [6, 6.07) is 14.7. The van der Waals surface area contributed by atoms with Crippen LogP contribution in [0.4, 0.5) is 0 Å². The van der Waals surface area contributed by atoms with Gasteiger partial charge in [-0.2, -0.15) is 0 Å². The van der Waals surface area contributed by atoms with Crippen molar-refractivity contribution >= 4 is 12.0 Å². The highest BCUT2D eigenvalue weighted by Crippen LogP contribution is 2.25. The quantitative estimate of drug-likeness (QED) is 0.677. The Balaban J connectivity index is 2.02. The molecule has 0 fully saturated rings. The fourth-order valence-corrected chi connectivity index (χ4v) is 1.72. The maximum absolute atomic E-state index is 11.0. The summed E-state index contributed by atoms with van der Waals surface area (Å²) in [5.41, 5.74) is 1.57. The van der Waals surface area contributed by atoms with E-state index in [0.29, 0.717) is 17.9 Å². The maximum Gasteiger partial charge on any atom is 0.330 e. The molecule has 0 heterocycles. The molecule has 0 unspecified atom stereocenters. The number of ether oxygens (including phenoxy) is 2. The van der Waals surface area contributed by atoms with E-state index in [1.807, 2.05) is 30.3 Å². The number of aromatic hydroxyl groups is 1. The van der Waals surface area contributed by atoms with Gasteiger partial charge in [0.25, 0.3) is 0 Å². The minimum atomic E-state index is -0.473. The van der Waals surface area contributed by atoms with E-state index < -0.39 is 5.97 Å². The van der Waals surface area contributed by atoms with Gasteiger partial charge in [0.2, 0.25) is 0 Å². The lowest BCUT2D eigenvalue weighted by Gasteiger charge is -2.08. The number of benzene rings is 2. The summed E-state index contributed by atoms with van der Waals surface area (Å²) in [5.74, 6) is 0.131. The molecule has 4 nitrogen and oxygen atoms in total. The average molecular weight is 284 g/mol. The third-order valence-electron chi connectivity index (χ3n) is 2.85. The predicted molar refractivity (Wildman–Crippen MR) is 79.9 cm³/mol. The van der Waals surface area contributed by atoms with Gasteiger partial charge in [0, 0.05) is 17.7 Å². The van der Waals surface area contributed by atoms with Gasteiger partial charge in [-0.3, -0.25) is 0 Å². The van der Waals surface area contributed by atoms with E-state index in [4.69, 9.17) is 4.74 Å². The largest absolute Gasteiger partial charge is 0.507 e. The topological polar surface area (TPSA) is 55.8 Å². The minimum absolute atomic E-state index is 0.0423. The van der Waals surface area contributed by atoms with Crippen LogP contribution in [0, 0.1) is 0 Å². The third kappa shape index (κ3) is 4.38. The molecule has 4 heteroatoms. The third-order valence-corrected chi connectivity index (χ3v) is 2.85. The molecular formula is C17H16O4. The van der Waals surface area contributed by atoms with E-state index in [-0.39, 0.29) is 5.75 Å². The van der Waals surface area contributed by atoms with Gasteiger partial charge in [0.15, 0.2) is 0 Å². The van der Waals surface area contributed by atoms with Gasteiger partial charge in [0.05, 0.1) is 7.11 Å². The minimum Gasteiger partial charge on any atom is -0.507 e. The summed E-state index contributed by atoms with van der Waals surface area (Å²) in [6.07, 6.45) is 2.74. The number of methoxy groups -OCH3 is 1. The normalized spacial score (nSPS) is 10.5. The van der Waals surface area contributed by atoms with Crippen LogP contribution in [0.1, 0.15) is 11.1 Å². The number of phenols is 1. The molecule has 0 aromatic heterocycles. The van der Waals surface area contributed by atoms with Crippen LogP contribution in [0.3, 0.4) is 0 Å². The number of esters is 1. The Labute approximate surface area is 123 Å². The van der Waals surface area contributed by atoms with Crippen molar-refractivity contribution in [1.82, 2.24) is 0 Å². The second-order valence-electron chi connectivity index (χ2n) is 4.35. The Bertz CT molecular complexity index is 632. The van der Waals surface area contributed by atoms with Gasteiger partial charge in [-0.1, -0.05) is 30.3 Å². The zero-order valence-electron chi connectivity index (χ0n) is 11.7. The van der Waals surface area contributed by atoms with Crippen molar-refractivity contribution in [2.24, 2.45) is 0 Å². The Morgan fingerprint density at radius 3 is 2.62 bits per heavy atom. The number of carbonyl (C=O) groups excluding carboxylic acids is 1. The fraction of sp³-hybridized carbons (Fsp3) is 0.118. The highest BCUT2D eigenvalue weighted by atomic mass is 16.5. The Hall–Kier alpha value is -2.75. The van der Waals surface area contributed by atoms with Crippen molar-refractivity contribution in [3.8, 4) is 11.5 Å². The van der Waals surface area contributed by atoms with E-state index in [9.17, 15) is 9.90 Å². The van der Waals surface area contributed by atoms with Crippen LogP contribution in [0.5, 0.6) is 11.5 Å². The standard InChI is InChI=1S/C17H16O4/c1-20-17(19)10-8-14-7-9-15(11-16(14)18)21-12-13-5-3-2-4-6-13/h2-11,18H,12H2,1H3/b10-8+. The van der Waals surface area contributed by atoms with Crippen molar-refractivity contribution in [3.05, 3.63) is 65.7 Å². The molecule has 0 saturated heterocycles. The van der Waals surface area contributed by atoms with Crippen LogP contribution in [0.15, 0.2) is 54.6 Å². The zero-order chi connectivity index (χ0) is 15.1. The van der Waals surface area contributed by atoms with Gasteiger partial charge in [-0.15, -0.1) is 0 Å². The zero-order valence-corrected chi connectivity index (χ0v) is 11.7. The number of hydrogen-bond donors (Lipinski definition) is 1. The molecule has 0 bridgehead atoms. The van der Waals surface area contributed by atoms with Gasteiger partial charge in [0.1, 0.15) is 18.1 Å². The van der Waals surface area contributed by atoms with E-state index in [2.05, 4.69) is 4.74 Å². The first-order valence-electron chi connectivity index (χ1n) is 6.45. The molecule has 0 spiro atoms. The highest BCUT2D eigenvalue weighted by Gasteiger charge is 2.02. The Kier molecular flexibility index (Phi) is 4.99.